The number of ether oxygens (including phenoxy) is 2. The predicted octanol–water partition coefficient (Wildman–Crippen LogP) is -1.80. The number of hydrogen-bond acceptors (Lipinski definition) is 4. The SMILES string of the molecule is COc1ccc(OC)c(C(O)C(C)N)c1.[Cl-].[H+]. The molecule has 1 rings (SSSR count). The molecule has 92 valence electrons. The van der Waals surface area contributed by atoms with E-state index in [9.17, 15) is 5.11 Å². The third kappa shape index (κ3) is 3.27. The molecule has 0 saturated carbocycles. The molecule has 0 amide bonds. The molecule has 2 atom stereocenters. The third-order valence-corrected chi connectivity index (χ3v) is 2.25. The van der Waals surface area contributed by atoms with E-state index < -0.39 is 6.10 Å². The summed E-state index contributed by atoms with van der Waals surface area (Å²) in [5.74, 6) is 1.28. The fourth-order valence-corrected chi connectivity index (χ4v) is 1.35. The molecular weight excluding hydrogens is 230 g/mol. The average molecular weight is 248 g/mol. The Labute approximate surface area is 103 Å². The highest BCUT2D eigenvalue weighted by molar-refractivity contribution is 5.42. The van der Waals surface area contributed by atoms with Crippen molar-refractivity contribution in [2.75, 3.05) is 14.2 Å². The molecule has 0 aliphatic carbocycles. The summed E-state index contributed by atoms with van der Waals surface area (Å²) >= 11 is 0. The molecule has 3 N–H and O–H groups in total. The van der Waals surface area contributed by atoms with Gasteiger partial charge in [0.25, 0.3) is 0 Å². The van der Waals surface area contributed by atoms with Crippen LogP contribution in [0.5, 0.6) is 11.5 Å². The fourth-order valence-electron chi connectivity index (χ4n) is 1.35. The van der Waals surface area contributed by atoms with Crippen LogP contribution in [-0.4, -0.2) is 25.4 Å². The maximum Gasteiger partial charge on any atom is 1.00 e. The second-order valence-electron chi connectivity index (χ2n) is 3.41. The number of nitrogens with two attached hydrogens (primary N) is 1. The van der Waals surface area contributed by atoms with Crippen molar-refractivity contribution in [3.63, 3.8) is 0 Å². The van der Waals surface area contributed by atoms with Crippen molar-refractivity contribution in [2.45, 2.75) is 19.1 Å². The first kappa shape index (κ1) is 15.0. The van der Waals surface area contributed by atoms with Crippen LogP contribution in [-0.2, 0) is 0 Å². The van der Waals surface area contributed by atoms with Gasteiger partial charge in [-0.15, -0.1) is 0 Å². The van der Waals surface area contributed by atoms with Crippen molar-refractivity contribution in [1.29, 1.82) is 0 Å². The van der Waals surface area contributed by atoms with Crippen LogP contribution in [0.2, 0.25) is 0 Å². The standard InChI is InChI=1S/C11H17NO3.ClH/c1-7(12)11(13)9-6-8(14-2)4-5-10(9)15-3;/h4-7,11,13H,12H2,1-3H3;1H. The summed E-state index contributed by atoms with van der Waals surface area (Å²) in [4.78, 5) is 0. The lowest BCUT2D eigenvalue weighted by Crippen LogP contribution is -3.00. The monoisotopic (exact) mass is 247 g/mol. The first-order valence-corrected chi connectivity index (χ1v) is 4.75. The van der Waals surface area contributed by atoms with Gasteiger partial charge < -0.3 is 32.7 Å². The van der Waals surface area contributed by atoms with Gasteiger partial charge in [-0.3, -0.25) is 0 Å². The lowest BCUT2D eigenvalue weighted by Gasteiger charge is -2.18. The first-order valence-electron chi connectivity index (χ1n) is 4.75. The maximum atomic E-state index is 9.87. The van der Waals surface area contributed by atoms with Crippen LogP contribution in [0.4, 0.5) is 0 Å². The van der Waals surface area contributed by atoms with E-state index in [1.165, 1.54) is 0 Å². The van der Waals surface area contributed by atoms with E-state index in [1.54, 1.807) is 39.3 Å². The molecule has 0 aliphatic heterocycles. The lowest BCUT2D eigenvalue weighted by atomic mass is 10.0. The van der Waals surface area contributed by atoms with Crippen LogP contribution in [0, 0.1) is 0 Å². The van der Waals surface area contributed by atoms with E-state index in [0.717, 1.165) is 0 Å². The Kier molecular flexibility index (Phi) is 6.18. The van der Waals surface area contributed by atoms with Gasteiger partial charge in [-0.25, -0.2) is 0 Å². The Morgan fingerprint density at radius 1 is 1.31 bits per heavy atom. The summed E-state index contributed by atoms with van der Waals surface area (Å²) in [6.07, 6.45) is -0.755. The Morgan fingerprint density at radius 2 is 1.94 bits per heavy atom. The van der Waals surface area contributed by atoms with Gasteiger partial charge in [-0.05, 0) is 25.1 Å². The molecule has 1 aromatic carbocycles. The molecule has 16 heavy (non-hydrogen) atoms. The van der Waals surface area contributed by atoms with Crippen LogP contribution in [0.1, 0.15) is 20.0 Å². The van der Waals surface area contributed by atoms with Gasteiger partial charge in [0.05, 0.1) is 20.3 Å². The Morgan fingerprint density at radius 3 is 2.38 bits per heavy atom. The molecule has 5 heteroatoms. The van der Waals surface area contributed by atoms with E-state index in [-0.39, 0.29) is 19.9 Å². The van der Waals surface area contributed by atoms with Crippen LogP contribution >= 0.6 is 0 Å². The summed E-state index contributed by atoms with van der Waals surface area (Å²) in [7, 11) is 3.13. The number of aliphatic hydroxyl groups is 1. The number of hydrogen-bond donors (Lipinski definition) is 2. The van der Waals surface area contributed by atoms with E-state index in [2.05, 4.69) is 0 Å². The van der Waals surface area contributed by atoms with E-state index in [0.29, 0.717) is 17.1 Å². The van der Waals surface area contributed by atoms with Gasteiger partial charge in [0, 0.05) is 11.6 Å². The Balaban J connectivity index is 0. The minimum atomic E-state index is -0.755. The molecule has 0 radical (unpaired) electrons. The van der Waals surface area contributed by atoms with Crippen molar-refractivity contribution in [1.82, 2.24) is 0 Å². The molecule has 0 fully saturated rings. The number of methoxy groups -OCH3 is 2. The molecule has 0 spiro atoms. The minimum Gasteiger partial charge on any atom is -1.00 e. The molecule has 4 nitrogen and oxygen atoms in total. The molecule has 0 aromatic heterocycles. The lowest BCUT2D eigenvalue weighted by molar-refractivity contribution is -0.00000531. The zero-order valence-corrected chi connectivity index (χ0v) is 10.4. The van der Waals surface area contributed by atoms with Gasteiger partial charge in [0.2, 0.25) is 0 Å². The van der Waals surface area contributed by atoms with Crippen LogP contribution < -0.4 is 27.6 Å². The number of benzene rings is 1. The average Bonchev–Trinajstić information content (AvgIpc) is 2.27. The van der Waals surface area contributed by atoms with E-state index >= 15 is 0 Å². The second kappa shape index (κ2) is 6.58. The Hall–Kier alpha value is -0.970. The molecule has 2 unspecified atom stereocenters. The highest BCUT2D eigenvalue weighted by Crippen LogP contribution is 2.30. The molecule has 0 aliphatic rings. The summed E-state index contributed by atoms with van der Waals surface area (Å²) in [6.45, 7) is 1.74. The fraction of sp³-hybridized carbons (Fsp3) is 0.455. The molecule has 0 saturated heterocycles. The van der Waals surface area contributed by atoms with E-state index in [4.69, 9.17) is 15.2 Å². The number of aliphatic hydroxyl groups excluding tert-OH is 1. The van der Waals surface area contributed by atoms with Crippen molar-refractivity contribution in [3.05, 3.63) is 23.8 Å². The highest BCUT2D eigenvalue weighted by Gasteiger charge is 2.17. The Bertz CT molecular complexity index is 336. The first-order chi connectivity index (χ1) is 7.10. The smallest absolute Gasteiger partial charge is 1.00 e. The van der Waals surface area contributed by atoms with Gasteiger partial charge >= 0.3 is 1.43 Å². The van der Waals surface area contributed by atoms with Gasteiger partial charge in [0.15, 0.2) is 0 Å². The normalized spacial score (nSPS) is 13.6. The second-order valence-corrected chi connectivity index (χ2v) is 3.41. The van der Waals surface area contributed by atoms with Crippen LogP contribution in [0.25, 0.3) is 0 Å². The number of rotatable bonds is 4. The molecule has 0 heterocycles. The van der Waals surface area contributed by atoms with Crippen LogP contribution in [0.3, 0.4) is 0 Å². The largest absolute Gasteiger partial charge is 1.00 e. The summed E-state index contributed by atoms with van der Waals surface area (Å²) < 4.78 is 10.2. The maximum absolute atomic E-state index is 9.87. The van der Waals surface area contributed by atoms with Gasteiger partial charge in [-0.1, -0.05) is 0 Å². The molecule has 0 bridgehead atoms. The van der Waals surface area contributed by atoms with Crippen molar-refractivity contribution < 1.29 is 28.4 Å². The third-order valence-electron chi connectivity index (χ3n) is 2.25. The quantitative estimate of drug-likeness (QED) is 0.659. The predicted molar refractivity (Wildman–Crippen MR) is 59.3 cm³/mol. The van der Waals surface area contributed by atoms with Crippen molar-refractivity contribution in [3.8, 4) is 11.5 Å². The van der Waals surface area contributed by atoms with Crippen LogP contribution in [0.15, 0.2) is 18.2 Å². The summed E-state index contributed by atoms with van der Waals surface area (Å²) in [5, 5.41) is 9.87. The van der Waals surface area contributed by atoms with Gasteiger partial charge in [-0.2, -0.15) is 0 Å². The minimum absolute atomic E-state index is 0. The van der Waals surface area contributed by atoms with E-state index in [1.807, 2.05) is 0 Å². The zero-order valence-electron chi connectivity index (χ0n) is 10.6. The van der Waals surface area contributed by atoms with Crippen molar-refractivity contribution in [2.24, 2.45) is 5.73 Å². The van der Waals surface area contributed by atoms with Gasteiger partial charge in [0.1, 0.15) is 11.5 Å². The molecular formula is C11H18ClNO3. The highest BCUT2D eigenvalue weighted by atomic mass is 35.5. The zero-order chi connectivity index (χ0) is 11.4. The number of halogens is 1. The molecule has 1 aromatic rings. The van der Waals surface area contributed by atoms with Crippen molar-refractivity contribution >= 4 is 0 Å². The summed E-state index contributed by atoms with van der Waals surface area (Å²) in [6, 6.07) is 4.90. The topological polar surface area (TPSA) is 64.7 Å². The summed E-state index contributed by atoms with van der Waals surface area (Å²) in [5.41, 5.74) is 6.28.